The molecule has 2 aliphatic heterocycles. The number of aromatic nitrogens is 3. The number of ketones is 1. The summed E-state index contributed by atoms with van der Waals surface area (Å²) in [6.45, 7) is 4.48. The molecule has 8 heteroatoms. The molecule has 3 aromatic rings. The molecule has 1 aromatic heterocycles. The minimum Gasteiger partial charge on any atom is -0.487 e. The van der Waals surface area contributed by atoms with E-state index in [9.17, 15) is 4.79 Å². The Morgan fingerprint density at radius 2 is 1.91 bits per heavy atom. The number of carbonyl (C=O) groups excluding carboxylic acids is 1. The van der Waals surface area contributed by atoms with Gasteiger partial charge in [0.05, 0.1) is 18.3 Å². The lowest BCUT2D eigenvalue weighted by molar-refractivity contribution is 0.101. The molecule has 1 saturated heterocycles. The molecule has 5 rings (SSSR count). The van der Waals surface area contributed by atoms with Gasteiger partial charge in [-0.1, -0.05) is 33.3 Å². The van der Waals surface area contributed by atoms with Crippen LogP contribution in [0.4, 0.5) is 0 Å². The van der Waals surface area contributed by atoms with E-state index in [0.29, 0.717) is 29.4 Å². The molecule has 0 N–H and O–H groups in total. The van der Waals surface area contributed by atoms with Crippen LogP contribution >= 0.6 is 15.9 Å². The normalized spacial score (nSPS) is 17.0. The minimum absolute atomic E-state index is 0.129. The standard InChI is InChI=1S/C24H23BrN4O3/c25-18-5-3-17(4-6-18)13-23-24(30)21-8-7-20(14-22(21)32-23)31-16-19-15-29(27-26-19)12-11-28-9-1-2-10-28/h3-8,13-15H,1-2,9-12,16H2/b23-13-. The third-order valence-electron chi connectivity index (χ3n) is 5.63. The van der Waals surface area contributed by atoms with Crippen molar-refractivity contribution in [2.45, 2.75) is 26.0 Å². The van der Waals surface area contributed by atoms with E-state index in [-0.39, 0.29) is 5.78 Å². The van der Waals surface area contributed by atoms with Crippen LogP contribution in [0.2, 0.25) is 0 Å². The molecule has 2 aromatic carbocycles. The average molecular weight is 495 g/mol. The number of rotatable bonds is 7. The number of ether oxygens (including phenoxy) is 2. The van der Waals surface area contributed by atoms with Gasteiger partial charge in [0.2, 0.25) is 5.78 Å². The summed E-state index contributed by atoms with van der Waals surface area (Å²) in [4.78, 5) is 15.1. The van der Waals surface area contributed by atoms with Crippen LogP contribution in [-0.4, -0.2) is 45.3 Å². The van der Waals surface area contributed by atoms with Crippen LogP contribution in [0.3, 0.4) is 0 Å². The van der Waals surface area contributed by atoms with Crippen LogP contribution in [0, 0.1) is 0 Å². The molecule has 3 heterocycles. The first-order chi connectivity index (χ1) is 15.6. The van der Waals surface area contributed by atoms with Crippen molar-refractivity contribution in [2.75, 3.05) is 19.6 Å². The molecule has 164 valence electrons. The van der Waals surface area contributed by atoms with Crippen molar-refractivity contribution in [3.8, 4) is 11.5 Å². The zero-order valence-corrected chi connectivity index (χ0v) is 19.1. The summed E-state index contributed by atoms with van der Waals surface area (Å²) in [6.07, 6.45) is 6.24. The van der Waals surface area contributed by atoms with Gasteiger partial charge in [0.1, 0.15) is 23.8 Å². The van der Waals surface area contributed by atoms with Gasteiger partial charge in [0.15, 0.2) is 5.76 Å². The van der Waals surface area contributed by atoms with E-state index in [2.05, 4.69) is 31.1 Å². The van der Waals surface area contributed by atoms with E-state index in [1.165, 1.54) is 25.9 Å². The van der Waals surface area contributed by atoms with E-state index in [0.717, 1.165) is 28.8 Å². The van der Waals surface area contributed by atoms with Crippen LogP contribution in [-0.2, 0) is 13.2 Å². The van der Waals surface area contributed by atoms with Crippen LogP contribution in [0.25, 0.3) is 6.08 Å². The number of allylic oxidation sites excluding steroid dienone is 1. The highest BCUT2D eigenvalue weighted by molar-refractivity contribution is 9.10. The van der Waals surface area contributed by atoms with Gasteiger partial charge in [-0.2, -0.15) is 0 Å². The predicted octanol–water partition coefficient (Wildman–Crippen LogP) is 4.33. The first-order valence-electron chi connectivity index (χ1n) is 10.7. The fourth-order valence-corrected chi connectivity index (χ4v) is 4.15. The second-order valence-corrected chi connectivity index (χ2v) is 8.88. The zero-order chi connectivity index (χ0) is 21.9. The van der Waals surface area contributed by atoms with Crippen LogP contribution in [0.15, 0.2) is 58.9 Å². The molecule has 0 amide bonds. The topological polar surface area (TPSA) is 69.5 Å². The second kappa shape index (κ2) is 9.26. The van der Waals surface area contributed by atoms with Gasteiger partial charge in [0.25, 0.3) is 0 Å². The van der Waals surface area contributed by atoms with Gasteiger partial charge >= 0.3 is 0 Å². The van der Waals surface area contributed by atoms with Crippen molar-refractivity contribution < 1.29 is 14.3 Å². The maximum Gasteiger partial charge on any atom is 0.231 e. The lowest BCUT2D eigenvalue weighted by Gasteiger charge is -2.13. The largest absolute Gasteiger partial charge is 0.487 e. The number of halogens is 1. The Balaban J connectivity index is 1.19. The molecule has 0 atom stereocenters. The number of benzene rings is 2. The summed E-state index contributed by atoms with van der Waals surface area (Å²) < 4.78 is 14.5. The number of hydrogen-bond acceptors (Lipinski definition) is 6. The highest BCUT2D eigenvalue weighted by Crippen LogP contribution is 2.35. The zero-order valence-electron chi connectivity index (χ0n) is 17.5. The smallest absolute Gasteiger partial charge is 0.231 e. The maximum atomic E-state index is 12.7. The Kier molecular flexibility index (Phi) is 6.05. The van der Waals surface area contributed by atoms with Crippen LogP contribution in [0.5, 0.6) is 11.5 Å². The highest BCUT2D eigenvalue weighted by Gasteiger charge is 2.27. The van der Waals surface area contributed by atoms with Crippen LogP contribution < -0.4 is 9.47 Å². The third-order valence-corrected chi connectivity index (χ3v) is 6.15. The summed E-state index contributed by atoms with van der Waals surface area (Å²) in [6, 6.07) is 12.9. The Labute approximate surface area is 194 Å². The molecule has 2 aliphatic rings. The Hall–Kier alpha value is -2.97. The molecule has 0 saturated carbocycles. The Bertz CT molecular complexity index is 1150. The summed E-state index contributed by atoms with van der Waals surface area (Å²) in [5.41, 5.74) is 2.20. The molecule has 0 radical (unpaired) electrons. The summed E-state index contributed by atoms with van der Waals surface area (Å²) >= 11 is 3.41. The molecule has 0 unspecified atom stereocenters. The molecular formula is C24H23BrN4O3. The van der Waals surface area contributed by atoms with Gasteiger partial charge in [-0.05, 0) is 61.8 Å². The van der Waals surface area contributed by atoms with E-state index in [1.54, 1.807) is 24.3 Å². The third kappa shape index (κ3) is 4.76. The second-order valence-electron chi connectivity index (χ2n) is 7.96. The quantitative estimate of drug-likeness (QED) is 0.455. The number of fused-ring (bicyclic) bond motifs is 1. The fourth-order valence-electron chi connectivity index (χ4n) is 3.89. The summed E-state index contributed by atoms with van der Waals surface area (Å²) in [5, 5.41) is 8.39. The fraction of sp³-hybridized carbons (Fsp3) is 0.292. The van der Waals surface area contributed by atoms with Gasteiger partial charge in [0, 0.05) is 17.1 Å². The minimum atomic E-state index is -0.129. The predicted molar refractivity (Wildman–Crippen MR) is 124 cm³/mol. The number of hydrogen-bond donors (Lipinski definition) is 0. The van der Waals surface area contributed by atoms with E-state index in [4.69, 9.17) is 9.47 Å². The molecule has 0 aliphatic carbocycles. The van der Waals surface area contributed by atoms with E-state index < -0.39 is 0 Å². The van der Waals surface area contributed by atoms with Gasteiger partial charge in [-0.3, -0.25) is 9.48 Å². The number of carbonyl (C=O) groups is 1. The molecule has 0 bridgehead atoms. The SMILES string of the molecule is O=C1/C(=C/c2ccc(Br)cc2)Oc2cc(OCc3cn(CCN4CCCC4)nn3)ccc21. The monoisotopic (exact) mass is 494 g/mol. The molecular weight excluding hydrogens is 472 g/mol. The maximum absolute atomic E-state index is 12.7. The van der Waals surface area contributed by atoms with Crippen molar-refractivity contribution in [1.29, 1.82) is 0 Å². The number of likely N-dealkylation sites (tertiary alicyclic amines) is 1. The first kappa shape index (κ1) is 20.9. The summed E-state index contributed by atoms with van der Waals surface area (Å²) in [7, 11) is 0. The Morgan fingerprint density at radius 1 is 1.09 bits per heavy atom. The van der Waals surface area contributed by atoms with Crippen molar-refractivity contribution >= 4 is 27.8 Å². The van der Waals surface area contributed by atoms with Gasteiger partial charge in [-0.15, -0.1) is 5.10 Å². The molecule has 1 fully saturated rings. The lowest BCUT2D eigenvalue weighted by Crippen LogP contribution is -2.24. The van der Waals surface area contributed by atoms with E-state index >= 15 is 0 Å². The van der Waals surface area contributed by atoms with Crippen LogP contribution in [0.1, 0.15) is 34.5 Å². The first-order valence-corrected chi connectivity index (χ1v) is 11.5. The van der Waals surface area contributed by atoms with Gasteiger partial charge < -0.3 is 14.4 Å². The van der Waals surface area contributed by atoms with Crippen molar-refractivity contribution in [1.82, 2.24) is 19.9 Å². The van der Waals surface area contributed by atoms with E-state index in [1.807, 2.05) is 35.1 Å². The highest BCUT2D eigenvalue weighted by atomic mass is 79.9. The molecule has 32 heavy (non-hydrogen) atoms. The van der Waals surface area contributed by atoms with Crippen molar-refractivity contribution in [2.24, 2.45) is 0 Å². The number of nitrogens with zero attached hydrogens (tertiary/aromatic N) is 4. The van der Waals surface area contributed by atoms with Crippen molar-refractivity contribution in [3.05, 3.63) is 75.7 Å². The lowest BCUT2D eigenvalue weighted by atomic mass is 10.1. The molecule has 0 spiro atoms. The summed E-state index contributed by atoms with van der Waals surface area (Å²) in [5.74, 6) is 1.30. The Morgan fingerprint density at radius 3 is 2.72 bits per heavy atom. The van der Waals surface area contributed by atoms with Gasteiger partial charge in [-0.25, -0.2) is 0 Å². The average Bonchev–Trinajstić information content (AvgIpc) is 3.54. The molecule has 7 nitrogen and oxygen atoms in total. The number of Topliss-reactive ketones (excluding diaryl/α,β-unsaturated/α-hetero) is 1. The van der Waals surface area contributed by atoms with Crippen molar-refractivity contribution in [3.63, 3.8) is 0 Å².